The predicted octanol–water partition coefficient (Wildman–Crippen LogP) is 2.46. The van der Waals surface area contributed by atoms with Crippen molar-refractivity contribution in [3.63, 3.8) is 0 Å². The van der Waals surface area contributed by atoms with E-state index in [1.807, 2.05) is 0 Å². The Bertz CT molecular complexity index is 432. The first kappa shape index (κ1) is 8.24. The molecule has 1 aromatic heterocycles. The Balaban J connectivity index is 2.79. The molecule has 0 aliphatic carbocycles. The van der Waals surface area contributed by atoms with Gasteiger partial charge >= 0.3 is 0 Å². The van der Waals surface area contributed by atoms with Crippen molar-refractivity contribution in [1.29, 1.82) is 0 Å². The lowest BCUT2D eigenvalue weighted by atomic mass is 10.1. The lowest BCUT2D eigenvalue weighted by Gasteiger charge is -1.99. The molecule has 0 saturated carbocycles. The number of nitrogens with zero attached hydrogens (tertiary/aromatic N) is 1. The Morgan fingerprint density at radius 2 is 2.08 bits per heavy atom. The Morgan fingerprint density at radius 3 is 2.85 bits per heavy atom. The normalized spacial score (nSPS) is 10.6. The molecule has 0 atom stereocenters. The fourth-order valence-electron chi connectivity index (χ4n) is 1.65. The molecule has 66 valence electrons. The van der Waals surface area contributed by atoms with E-state index in [9.17, 15) is 0 Å². The molecule has 1 aromatic carbocycles. The lowest BCUT2D eigenvalue weighted by Crippen LogP contribution is -2.32. The molecule has 0 aliphatic heterocycles. The van der Waals surface area contributed by atoms with E-state index in [0.717, 1.165) is 6.54 Å². The maximum absolute atomic E-state index is 2.27. The van der Waals surface area contributed by atoms with Crippen LogP contribution in [0.2, 0.25) is 0 Å². The molecule has 2 rings (SSSR count). The highest BCUT2D eigenvalue weighted by molar-refractivity contribution is 5.75. The van der Waals surface area contributed by atoms with Gasteiger partial charge in [-0.05, 0) is 31.5 Å². The molecule has 0 N–H and O–H groups in total. The number of aryl methyl sites for hydroxylation is 2. The van der Waals surface area contributed by atoms with E-state index in [1.165, 1.54) is 16.5 Å². The van der Waals surface area contributed by atoms with Crippen molar-refractivity contribution in [2.75, 3.05) is 0 Å². The van der Waals surface area contributed by atoms with Crippen LogP contribution in [-0.2, 0) is 6.54 Å². The van der Waals surface area contributed by atoms with Gasteiger partial charge in [-0.2, -0.15) is 4.57 Å². The van der Waals surface area contributed by atoms with Crippen LogP contribution >= 0.6 is 0 Å². The molecule has 1 heterocycles. The minimum atomic E-state index is 1.03. The Kier molecular flexibility index (Phi) is 2.01. The molecule has 0 spiro atoms. The van der Waals surface area contributed by atoms with Gasteiger partial charge in [0.05, 0.1) is 0 Å². The summed E-state index contributed by atoms with van der Waals surface area (Å²) in [5.74, 6) is 0. The number of pyridine rings is 1. The van der Waals surface area contributed by atoms with Crippen LogP contribution in [0.4, 0.5) is 0 Å². The van der Waals surface area contributed by atoms with Crippen molar-refractivity contribution >= 4 is 10.9 Å². The van der Waals surface area contributed by atoms with Crippen molar-refractivity contribution in [3.8, 4) is 0 Å². The number of rotatable bonds is 1. The van der Waals surface area contributed by atoms with Gasteiger partial charge in [0, 0.05) is 17.5 Å². The maximum Gasteiger partial charge on any atom is 0.212 e. The summed E-state index contributed by atoms with van der Waals surface area (Å²) >= 11 is 0. The van der Waals surface area contributed by atoms with E-state index in [-0.39, 0.29) is 0 Å². The highest BCUT2D eigenvalue weighted by Crippen LogP contribution is 2.10. The summed E-state index contributed by atoms with van der Waals surface area (Å²) < 4.78 is 2.27. The van der Waals surface area contributed by atoms with Gasteiger partial charge in [0.2, 0.25) is 5.52 Å². The van der Waals surface area contributed by atoms with Crippen molar-refractivity contribution in [2.45, 2.75) is 20.4 Å². The monoisotopic (exact) mass is 172 g/mol. The topological polar surface area (TPSA) is 3.88 Å². The first-order chi connectivity index (χ1) is 6.31. The molecule has 0 aliphatic rings. The summed E-state index contributed by atoms with van der Waals surface area (Å²) in [7, 11) is 0. The second-order valence-corrected chi connectivity index (χ2v) is 3.36. The molecule has 0 fully saturated rings. The predicted molar refractivity (Wildman–Crippen MR) is 54.6 cm³/mol. The highest BCUT2D eigenvalue weighted by Gasteiger charge is 2.04. The van der Waals surface area contributed by atoms with Crippen LogP contribution in [0.25, 0.3) is 10.9 Å². The fraction of sp³-hybridized carbons (Fsp3) is 0.250. The van der Waals surface area contributed by atoms with Gasteiger partial charge < -0.3 is 0 Å². The molecule has 13 heavy (non-hydrogen) atoms. The number of hydrogen-bond acceptors (Lipinski definition) is 0. The van der Waals surface area contributed by atoms with Crippen LogP contribution in [0.1, 0.15) is 12.5 Å². The molecule has 0 bridgehead atoms. The summed E-state index contributed by atoms with van der Waals surface area (Å²) in [6.45, 7) is 5.33. The first-order valence-corrected chi connectivity index (χ1v) is 4.70. The molecule has 1 nitrogen and oxygen atoms in total. The van der Waals surface area contributed by atoms with Crippen molar-refractivity contribution < 1.29 is 4.57 Å². The third kappa shape index (κ3) is 1.42. The number of aromatic nitrogens is 1. The molecule has 0 unspecified atom stereocenters. The number of hydrogen-bond donors (Lipinski definition) is 0. The number of benzene rings is 1. The Morgan fingerprint density at radius 1 is 1.23 bits per heavy atom. The summed E-state index contributed by atoms with van der Waals surface area (Å²) in [5.41, 5.74) is 2.64. The zero-order valence-corrected chi connectivity index (χ0v) is 8.12. The molecule has 0 amide bonds. The average Bonchev–Trinajstić information content (AvgIpc) is 2.17. The van der Waals surface area contributed by atoms with Gasteiger partial charge in [-0.15, -0.1) is 0 Å². The molecule has 0 saturated heterocycles. The van der Waals surface area contributed by atoms with Gasteiger partial charge in [-0.25, -0.2) is 0 Å². The van der Waals surface area contributed by atoms with Crippen LogP contribution in [-0.4, -0.2) is 0 Å². The van der Waals surface area contributed by atoms with Crippen molar-refractivity contribution in [2.24, 2.45) is 0 Å². The minimum absolute atomic E-state index is 1.03. The molecular weight excluding hydrogens is 158 g/mol. The average molecular weight is 172 g/mol. The van der Waals surface area contributed by atoms with Crippen LogP contribution in [0.5, 0.6) is 0 Å². The lowest BCUT2D eigenvalue weighted by molar-refractivity contribution is -0.667. The first-order valence-electron chi connectivity index (χ1n) is 4.70. The molecule has 0 radical (unpaired) electrons. The van der Waals surface area contributed by atoms with Crippen LogP contribution < -0.4 is 4.57 Å². The summed E-state index contributed by atoms with van der Waals surface area (Å²) in [5, 5.41) is 1.31. The quantitative estimate of drug-likeness (QED) is 0.582. The van der Waals surface area contributed by atoms with Gasteiger partial charge in [0.1, 0.15) is 6.54 Å². The molecule has 2 aromatic rings. The zero-order chi connectivity index (χ0) is 9.26. The van der Waals surface area contributed by atoms with Crippen molar-refractivity contribution in [3.05, 3.63) is 42.1 Å². The van der Waals surface area contributed by atoms with Gasteiger partial charge in [0.25, 0.3) is 0 Å². The highest BCUT2D eigenvalue weighted by atomic mass is 14.9. The van der Waals surface area contributed by atoms with E-state index in [0.29, 0.717) is 0 Å². The zero-order valence-electron chi connectivity index (χ0n) is 8.12. The van der Waals surface area contributed by atoms with E-state index in [4.69, 9.17) is 0 Å². The third-order valence-corrected chi connectivity index (χ3v) is 2.38. The largest absolute Gasteiger partial charge is 0.212 e. The van der Waals surface area contributed by atoms with Crippen LogP contribution in [0, 0.1) is 6.92 Å². The Labute approximate surface area is 78.6 Å². The number of fused-ring (bicyclic) bond motifs is 1. The van der Waals surface area contributed by atoms with E-state index in [2.05, 4.69) is 54.9 Å². The smallest absolute Gasteiger partial charge is 0.199 e. The standard InChI is InChI=1S/C12H14N/c1-3-13-8-4-5-11-7-6-10(2)9-12(11)13/h4-9H,3H2,1-2H3/q+1. The second kappa shape index (κ2) is 3.17. The van der Waals surface area contributed by atoms with Crippen LogP contribution in [0.3, 0.4) is 0 Å². The second-order valence-electron chi connectivity index (χ2n) is 3.36. The van der Waals surface area contributed by atoms with E-state index < -0.39 is 0 Å². The Hall–Kier alpha value is -1.37. The fourth-order valence-corrected chi connectivity index (χ4v) is 1.65. The van der Waals surface area contributed by atoms with E-state index in [1.54, 1.807) is 0 Å². The van der Waals surface area contributed by atoms with Gasteiger partial charge in [-0.3, -0.25) is 0 Å². The van der Waals surface area contributed by atoms with Crippen molar-refractivity contribution in [1.82, 2.24) is 0 Å². The van der Waals surface area contributed by atoms with Gasteiger partial charge in [0.15, 0.2) is 6.20 Å². The van der Waals surface area contributed by atoms with Gasteiger partial charge in [-0.1, -0.05) is 6.07 Å². The van der Waals surface area contributed by atoms with Crippen LogP contribution in [0.15, 0.2) is 36.5 Å². The maximum atomic E-state index is 2.27. The summed E-state index contributed by atoms with van der Waals surface area (Å²) in [6.07, 6.45) is 2.13. The summed E-state index contributed by atoms with van der Waals surface area (Å²) in [6, 6.07) is 10.8. The molecule has 1 heteroatoms. The summed E-state index contributed by atoms with van der Waals surface area (Å²) in [4.78, 5) is 0. The molecular formula is C12H14N+. The minimum Gasteiger partial charge on any atom is -0.199 e. The SMILES string of the molecule is CC[n+]1cccc2ccc(C)cc21. The third-order valence-electron chi connectivity index (χ3n) is 2.38. The van der Waals surface area contributed by atoms with E-state index >= 15 is 0 Å².